The van der Waals surface area contributed by atoms with Gasteiger partial charge in [0.2, 0.25) is 5.91 Å². The Labute approximate surface area is 195 Å². The number of rotatable bonds is 6. The lowest BCUT2D eigenvalue weighted by Crippen LogP contribution is -2.24. The van der Waals surface area contributed by atoms with Crippen LogP contribution in [-0.2, 0) is 11.3 Å². The first kappa shape index (κ1) is 22.1. The van der Waals surface area contributed by atoms with E-state index in [2.05, 4.69) is 10.3 Å². The standard InChI is InChI=1S/C25H22ClN3O2S/c1-16-7-12-20(13-17(16)2)27-23(30)15-32-25-28-22-6-4-3-5-21(22)24(31)29(25)14-18-8-10-19(26)11-9-18/h3-13H,14-15H2,1-2H3,(H,27,30). The normalized spacial score (nSPS) is 11.0. The summed E-state index contributed by atoms with van der Waals surface area (Å²) in [5.74, 6) is -0.0168. The number of hydrogen-bond acceptors (Lipinski definition) is 4. The van der Waals surface area contributed by atoms with E-state index in [-0.39, 0.29) is 17.2 Å². The van der Waals surface area contributed by atoms with Gasteiger partial charge in [0, 0.05) is 10.7 Å². The molecule has 162 valence electrons. The number of fused-ring (bicyclic) bond motifs is 1. The number of benzene rings is 3. The van der Waals surface area contributed by atoms with Gasteiger partial charge < -0.3 is 5.32 Å². The van der Waals surface area contributed by atoms with Crippen LogP contribution in [0.1, 0.15) is 16.7 Å². The van der Waals surface area contributed by atoms with Crippen molar-refractivity contribution in [2.24, 2.45) is 0 Å². The number of para-hydroxylation sites is 1. The van der Waals surface area contributed by atoms with Gasteiger partial charge in [-0.3, -0.25) is 14.2 Å². The molecule has 32 heavy (non-hydrogen) atoms. The van der Waals surface area contributed by atoms with Crippen molar-refractivity contribution in [1.29, 1.82) is 0 Å². The number of carbonyl (C=O) groups is 1. The maximum atomic E-state index is 13.2. The largest absolute Gasteiger partial charge is 0.325 e. The quantitative estimate of drug-likeness (QED) is 0.305. The molecule has 0 saturated heterocycles. The fraction of sp³-hybridized carbons (Fsp3) is 0.160. The van der Waals surface area contributed by atoms with Gasteiger partial charge in [-0.25, -0.2) is 4.98 Å². The highest BCUT2D eigenvalue weighted by molar-refractivity contribution is 7.99. The number of carbonyl (C=O) groups excluding carboxylic acids is 1. The van der Waals surface area contributed by atoms with E-state index in [0.29, 0.717) is 27.6 Å². The highest BCUT2D eigenvalue weighted by atomic mass is 35.5. The van der Waals surface area contributed by atoms with E-state index in [0.717, 1.165) is 16.8 Å². The van der Waals surface area contributed by atoms with Gasteiger partial charge >= 0.3 is 0 Å². The van der Waals surface area contributed by atoms with Crippen molar-refractivity contribution in [2.45, 2.75) is 25.5 Å². The summed E-state index contributed by atoms with van der Waals surface area (Å²) in [6.07, 6.45) is 0. The average Bonchev–Trinajstić information content (AvgIpc) is 2.78. The van der Waals surface area contributed by atoms with Gasteiger partial charge in [0.05, 0.1) is 23.2 Å². The minimum Gasteiger partial charge on any atom is -0.325 e. The number of hydrogen-bond donors (Lipinski definition) is 1. The zero-order valence-corrected chi connectivity index (χ0v) is 19.3. The van der Waals surface area contributed by atoms with Crippen molar-refractivity contribution in [3.05, 3.63) is 98.8 Å². The first-order valence-corrected chi connectivity index (χ1v) is 11.5. The first-order valence-electron chi connectivity index (χ1n) is 10.1. The van der Waals surface area contributed by atoms with Crippen LogP contribution in [0, 0.1) is 13.8 Å². The van der Waals surface area contributed by atoms with Crippen LogP contribution in [0.4, 0.5) is 5.69 Å². The van der Waals surface area contributed by atoms with Gasteiger partial charge in [-0.2, -0.15) is 0 Å². The van der Waals surface area contributed by atoms with Crippen LogP contribution < -0.4 is 10.9 Å². The number of amides is 1. The van der Waals surface area contributed by atoms with Gasteiger partial charge in [-0.1, -0.05) is 53.7 Å². The van der Waals surface area contributed by atoms with Crippen molar-refractivity contribution < 1.29 is 4.79 Å². The van der Waals surface area contributed by atoms with E-state index in [1.807, 2.05) is 62.4 Å². The number of nitrogens with one attached hydrogen (secondary N) is 1. The zero-order valence-electron chi connectivity index (χ0n) is 17.8. The van der Waals surface area contributed by atoms with Crippen molar-refractivity contribution in [3.8, 4) is 0 Å². The molecule has 4 rings (SSSR count). The van der Waals surface area contributed by atoms with E-state index in [9.17, 15) is 9.59 Å². The zero-order chi connectivity index (χ0) is 22.7. The number of aromatic nitrogens is 2. The maximum Gasteiger partial charge on any atom is 0.262 e. The second-order valence-electron chi connectivity index (χ2n) is 7.57. The van der Waals surface area contributed by atoms with Crippen molar-refractivity contribution in [1.82, 2.24) is 9.55 Å². The minimum atomic E-state index is -0.154. The summed E-state index contributed by atoms with van der Waals surface area (Å²) in [6, 6.07) is 20.4. The Morgan fingerprint density at radius 3 is 2.53 bits per heavy atom. The number of nitrogens with zero attached hydrogens (tertiary/aromatic N) is 2. The van der Waals surface area contributed by atoms with E-state index in [1.165, 1.54) is 17.3 Å². The third kappa shape index (κ3) is 5.03. The Morgan fingerprint density at radius 1 is 1.03 bits per heavy atom. The maximum absolute atomic E-state index is 13.2. The fourth-order valence-electron chi connectivity index (χ4n) is 3.32. The van der Waals surface area contributed by atoms with Crippen LogP contribution in [-0.4, -0.2) is 21.2 Å². The van der Waals surface area contributed by atoms with Gasteiger partial charge in [0.25, 0.3) is 5.56 Å². The third-order valence-electron chi connectivity index (χ3n) is 5.20. The summed E-state index contributed by atoms with van der Waals surface area (Å²) in [4.78, 5) is 30.5. The lowest BCUT2D eigenvalue weighted by atomic mass is 10.1. The van der Waals surface area contributed by atoms with Crippen LogP contribution in [0.5, 0.6) is 0 Å². The van der Waals surface area contributed by atoms with Crippen LogP contribution in [0.2, 0.25) is 5.02 Å². The van der Waals surface area contributed by atoms with Gasteiger partial charge in [0.15, 0.2) is 5.16 Å². The number of halogens is 1. The van der Waals surface area contributed by atoms with Gasteiger partial charge in [-0.15, -0.1) is 0 Å². The van der Waals surface area contributed by atoms with Crippen molar-refractivity contribution in [2.75, 3.05) is 11.1 Å². The molecule has 1 heterocycles. The molecule has 0 unspecified atom stereocenters. The molecule has 4 aromatic rings. The molecule has 5 nitrogen and oxygen atoms in total. The molecule has 0 aliphatic carbocycles. The summed E-state index contributed by atoms with van der Waals surface area (Å²) >= 11 is 7.24. The lowest BCUT2D eigenvalue weighted by molar-refractivity contribution is -0.113. The highest BCUT2D eigenvalue weighted by Crippen LogP contribution is 2.21. The molecular formula is C25H22ClN3O2S. The summed E-state index contributed by atoms with van der Waals surface area (Å²) in [6.45, 7) is 4.38. The van der Waals surface area contributed by atoms with E-state index in [1.54, 1.807) is 22.8 Å². The molecule has 1 N–H and O–H groups in total. The van der Waals surface area contributed by atoms with Crippen LogP contribution in [0.25, 0.3) is 10.9 Å². The second kappa shape index (κ2) is 9.59. The van der Waals surface area contributed by atoms with Crippen molar-refractivity contribution >= 4 is 45.9 Å². The minimum absolute atomic E-state index is 0.136. The first-order chi connectivity index (χ1) is 15.4. The predicted octanol–water partition coefficient (Wildman–Crippen LogP) is 5.45. The molecule has 1 amide bonds. The highest BCUT2D eigenvalue weighted by Gasteiger charge is 2.14. The molecule has 0 saturated carbocycles. The Kier molecular flexibility index (Phi) is 6.63. The van der Waals surface area contributed by atoms with E-state index in [4.69, 9.17) is 11.6 Å². The summed E-state index contributed by atoms with van der Waals surface area (Å²) in [5, 5.41) is 4.60. The van der Waals surface area contributed by atoms with Crippen LogP contribution >= 0.6 is 23.4 Å². The molecule has 0 fully saturated rings. The molecule has 0 atom stereocenters. The SMILES string of the molecule is Cc1ccc(NC(=O)CSc2nc3ccccc3c(=O)n2Cc2ccc(Cl)cc2)cc1C. The molecule has 7 heteroatoms. The Hall–Kier alpha value is -3.09. The molecule has 0 radical (unpaired) electrons. The Morgan fingerprint density at radius 2 is 1.78 bits per heavy atom. The van der Waals surface area contributed by atoms with Crippen LogP contribution in [0.15, 0.2) is 76.7 Å². The Bertz CT molecular complexity index is 1350. The monoisotopic (exact) mass is 463 g/mol. The summed E-state index contributed by atoms with van der Waals surface area (Å²) < 4.78 is 1.61. The summed E-state index contributed by atoms with van der Waals surface area (Å²) in [7, 11) is 0. The van der Waals surface area contributed by atoms with Gasteiger partial charge in [0.1, 0.15) is 0 Å². The Balaban J connectivity index is 1.60. The predicted molar refractivity (Wildman–Crippen MR) is 132 cm³/mol. The molecule has 1 aromatic heterocycles. The van der Waals surface area contributed by atoms with Crippen molar-refractivity contribution in [3.63, 3.8) is 0 Å². The number of aryl methyl sites for hydroxylation is 2. The number of thioether (sulfide) groups is 1. The summed E-state index contributed by atoms with van der Waals surface area (Å²) in [5.41, 5.74) is 4.44. The molecule has 3 aromatic carbocycles. The molecule has 0 spiro atoms. The van der Waals surface area contributed by atoms with E-state index < -0.39 is 0 Å². The van der Waals surface area contributed by atoms with Gasteiger partial charge in [-0.05, 0) is 66.9 Å². The average molecular weight is 464 g/mol. The molecule has 0 aliphatic rings. The fourth-order valence-corrected chi connectivity index (χ4v) is 4.24. The second-order valence-corrected chi connectivity index (χ2v) is 8.94. The van der Waals surface area contributed by atoms with Crippen LogP contribution in [0.3, 0.4) is 0 Å². The molecule has 0 bridgehead atoms. The smallest absolute Gasteiger partial charge is 0.262 e. The molecular weight excluding hydrogens is 442 g/mol. The lowest BCUT2D eigenvalue weighted by Gasteiger charge is -2.13. The third-order valence-corrected chi connectivity index (χ3v) is 6.43. The number of anilines is 1. The van der Waals surface area contributed by atoms with E-state index >= 15 is 0 Å². The topological polar surface area (TPSA) is 64.0 Å². The molecule has 0 aliphatic heterocycles.